The van der Waals surface area contributed by atoms with Gasteiger partial charge in [-0.25, -0.2) is 0 Å². The lowest BCUT2D eigenvalue weighted by molar-refractivity contribution is 0.412. The first-order chi connectivity index (χ1) is 7.72. The molecule has 0 amide bonds. The summed E-state index contributed by atoms with van der Waals surface area (Å²) in [6.07, 6.45) is 1.73. The highest BCUT2D eigenvalue weighted by Gasteiger charge is 2.10. The molecule has 0 fully saturated rings. The van der Waals surface area contributed by atoms with Gasteiger partial charge in [-0.15, -0.1) is 6.58 Å². The maximum absolute atomic E-state index is 9.03. The van der Waals surface area contributed by atoms with Crippen LogP contribution in [0.25, 0.3) is 0 Å². The van der Waals surface area contributed by atoms with E-state index in [0.29, 0.717) is 6.54 Å². The number of hydrogen-bond donors (Lipinski definition) is 1. The molecule has 0 spiro atoms. The van der Waals surface area contributed by atoms with E-state index in [9.17, 15) is 0 Å². The number of hydrogen-bond acceptors (Lipinski definition) is 3. The summed E-state index contributed by atoms with van der Waals surface area (Å²) in [5, 5.41) is 12.1. The van der Waals surface area contributed by atoms with Crippen molar-refractivity contribution in [2.45, 2.75) is 6.04 Å². The van der Waals surface area contributed by atoms with E-state index in [1.807, 2.05) is 18.2 Å². The zero-order chi connectivity index (χ0) is 12.0. The second-order valence-corrected chi connectivity index (χ2v) is 4.01. The third-order valence-electron chi connectivity index (χ3n) is 2.10. The van der Waals surface area contributed by atoms with Crippen LogP contribution >= 0.6 is 15.9 Å². The Labute approximate surface area is 104 Å². The van der Waals surface area contributed by atoms with E-state index < -0.39 is 0 Å². The van der Waals surface area contributed by atoms with Crippen molar-refractivity contribution in [1.82, 2.24) is 5.32 Å². The molecule has 0 saturated heterocycles. The van der Waals surface area contributed by atoms with Crippen LogP contribution in [0.1, 0.15) is 11.6 Å². The van der Waals surface area contributed by atoms with Gasteiger partial charge in [0.2, 0.25) is 0 Å². The minimum atomic E-state index is -0.333. The molecule has 0 aliphatic rings. The van der Waals surface area contributed by atoms with Crippen LogP contribution in [0.5, 0.6) is 5.75 Å². The molecule has 3 nitrogen and oxygen atoms in total. The lowest BCUT2D eigenvalue weighted by Gasteiger charge is -2.12. The molecule has 1 rings (SSSR count). The molecular formula is C12H13BrN2O. The Morgan fingerprint density at radius 3 is 2.94 bits per heavy atom. The van der Waals surface area contributed by atoms with Crippen molar-refractivity contribution in [3.05, 3.63) is 40.9 Å². The highest BCUT2D eigenvalue weighted by atomic mass is 79.9. The maximum atomic E-state index is 9.03. The second-order valence-electron chi connectivity index (χ2n) is 3.15. The highest BCUT2D eigenvalue weighted by Crippen LogP contribution is 2.27. The molecule has 1 atom stereocenters. The summed E-state index contributed by atoms with van der Waals surface area (Å²) in [4.78, 5) is 0. The van der Waals surface area contributed by atoms with Gasteiger partial charge in [-0.05, 0) is 33.6 Å². The Bertz CT molecular complexity index is 412. The largest absolute Gasteiger partial charge is 0.496 e. The molecule has 0 radical (unpaired) electrons. The van der Waals surface area contributed by atoms with Gasteiger partial charge in [-0.2, -0.15) is 5.26 Å². The molecule has 4 heteroatoms. The second kappa shape index (κ2) is 6.31. The highest BCUT2D eigenvalue weighted by molar-refractivity contribution is 9.10. The van der Waals surface area contributed by atoms with E-state index >= 15 is 0 Å². The first-order valence-electron chi connectivity index (χ1n) is 4.80. The van der Waals surface area contributed by atoms with E-state index in [0.717, 1.165) is 15.8 Å². The fraction of sp³-hybridized carbons (Fsp3) is 0.250. The van der Waals surface area contributed by atoms with Crippen molar-refractivity contribution < 1.29 is 4.74 Å². The SMILES string of the molecule is C=CCNC(C#N)c1ccc(OC)c(Br)c1. The Morgan fingerprint density at radius 2 is 2.44 bits per heavy atom. The van der Waals surface area contributed by atoms with Crippen molar-refractivity contribution in [3.8, 4) is 11.8 Å². The number of methoxy groups -OCH3 is 1. The Hall–Kier alpha value is -1.31. The van der Waals surface area contributed by atoms with Gasteiger partial charge in [0.1, 0.15) is 11.8 Å². The van der Waals surface area contributed by atoms with E-state index in [1.165, 1.54) is 0 Å². The summed E-state index contributed by atoms with van der Waals surface area (Å²) >= 11 is 3.39. The van der Waals surface area contributed by atoms with Crippen molar-refractivity contribution >= 4 is 15.9 Å². The quantitative estimate of drug-likeness (QED) is 0.844. The smallest absolute Gasteiger partial charge is 0.133 e. The number of nitriles is 1. The van der Waals surface area contributed by atoms with Crippen LogP contribution in [-0.2, 0) is 0 Å². The fourth-order valence-corrected chi connectivity index (χ4v) is 1.86. The summed E-state index contributed by atoms with van der Waals surface area (Å²) in [7, 11) is 1.61. The molecule has 1 unspecified atom stereocenters. The molecule has 1 aromatic rings. The van der Waals surface area contributed by atoms with Gasteiger partial charge >= 0.3 is 0 Å². The molecule has 1 N–H and O–H groups in total. The zero-order valence-corrected chi connectivity index (χ0v) is 10.6. The molecule has 0 heterocycles. The summed E-state index contributed by atoms with van der Waals surface area (Å²) < 4.78 is 5.97. The van der Waals surface area contributed by atoms with Crippen LogP contribution in [0.2, 0.25) is 0 Å². The van der Waals surface area contributed by atoms with Crippen molar-refractivity contribution in [1.29, 1.82) is 5.26 Å². The summed E-state index contributed by atoms with van der Waals surface area (Å²) in [5.41, 5.74) is 0.900. The van der Waals surface area contributed by atoms with Gasteiger partial charge in [0.05, 0.1) is 17.7 Å². The predicted octanol–water partition coefficient (Wildman–Crippen LogP) is 2.80. The molecule has 16 heavy (non-hydrogen) atoms. The molecule has 0 aliphatic heterocycles. The van der Waals surface area contributed by atoms with Gasteiger partial charge in [-0.3, -0.25) is 5.32 Å². The van der Waals surface area contributed by atoms with Crippen LogP contribution in [0, 0.1) is 11.3 Å². The summed E-state index contributed by atoms with van der Waals surface area (Å²) in [6.45, 7) is 4.20. The Kier molecular flexibility index (Phi) is 5.03. The average Bonchev–Trinajstić information content (AvgIpc) is 2.30. The van der Waals surface area contributed by atoms with Crippen LogP contribution in [-0.4, -0.2) is 13.7 Å². The molecule has 84 valence electrons. The fourth-order valence-electron chi connectivity index (χ4n) is 1.30. The van der Waals surface area contributed by atoms with Gasteiger partial charge < -0.3 is 4.74 Å². The average molecular weight is 281 g/mol. The molecule has 0 aromatic heterocycles. The van der Waals surface area contributed by atoms with Crippen LogP contribution < -0.4 is 10.1 Å². The Balaban J connectivity index is 2.90. The lowest BCUT2D eigenvalue weighted by Crippen LogP contribution is -2.19. The number of rotatable bonds is 5. The molecule has 0 bridgehead atoms. The lowest BCUT2D eigenvalue weighted by atomic mass is 10.1. The van der Waals surface area contributed by atoms with Gasteiger partial charge in [-0.1, -0.05) is 12.1 Å². The third kappa shape index (κ3) is 3.09. The molecule has 0 aliphatic carbocycles. The number of nitrogens with zero attached hydrogens (tertiary/aromatic N) is 1. The minimum Gasteiger partial charge on any atom is -0.496 e. The zero-order valence-electron chi connectivity index (χ0n) is 9.03. The van der Waals surface area contributed by atoms with Gasteiger partial charge in [0, 0.05) is 6.54 Å². The van der Waals surface area contributed by atoms with Crippen molar-refractivity contribution in [3.63, 3.8) is 0 Å². The first kappa shape index (κ1) is 12.8. The van der Waals surface area contributed by atoms with Crippen molar-refractivity contribution in [2.24, 2.45) is 0 Å². The van der Waals surface area contributed by atoms with E-state index in [2.05, 4.69) is 33.9 Å². The maximum Gasteiger partial charge on any atom is 0.133 e. The molecular weight excluding hydrogens is 268 g/mol. The van der Waals surface area contributed by atoms with Crippen LogP contribution in [0.3, 0.4) is 0 Å². The van der Waals surface area contributed by atoms with Crippen molar-refractivity contribution in [2.75, 3.05) is 13.7 Å². The van der Waals surface area contributed by atoms with Crippen LogP contribution in [0.15, 0.2) is 35.3 Å². The van der Waals surface area contributed by atoms with Gasteiger partial charge in [0.25, 0.3) is 0 Å². The summed E-state index contributed by atoms with van der Waals surface area (Å²) in [5.74, 6) is 0.754. The number of ether oxygens (including phenoxy) is 1. The molecule has 0 saturated carbocycles. The van der Waals surface area contributed by atoms with Gasteiger partial charge in [0.15, 0.2) is 0 Å². The standard InChI is InChI=1S/C12H13BrN2O/c1-3-6-15-11(8-14)9-4-5-12(16-2)10(13)7-9/h3-5,7,11,15H,1,6H2,2H3. The molecule has 1 aromatic carbocycles. The number of halogens is 1. The Morgan fingerprint density at radius 1 is 1.69 bits per heavy atom. The predicted molar refractivity (Wildman–Crippen MR) is 67.2 cm³/mol. The number of benzene rings is 1. The van der Waals surface area contributed by atoms with E-state index in [4.69, 9.17) is 10.00 Å². The van der Waals surface area contributed by atoms with E-state index in [-0.39, 0.29) is 6.04 Å². The topological polar surface area (TPSA) is 45.0 Å². The van der Waals surface area contributed by atoms with Crippen LogP contribution in [0.4, 0.5) is 0 Å². The number of nitrogens with one attached hydrogen (secondary N) is 1. The third-order valence-corrected chi connectivity index (χ3v) is 2.72. The monoisotopic (exact) mass is 280 g/mol. The first-order valence-corrected chi connectivity index (χ1v) is 5.59. The minimum absolute atomic E-state index is 0.333. The summed E-state index contributed by atoms with van der Waals surface area (Å²) in [6, 6.07) is 7.44. The van der Waals surface area contributed by atoms with E-state index in [1.54, 1.807) is 13.2 Å². The normalized spacial score (nSPS) is 11.6.